The molecular weight excluding hydrogens is 408 g/mol. The van der Waals surface area contributed by atoms with E-state index in [-0.39, 0.29) is 6.61 Å². The minimum absolute atomic E-state index is 0.0809. The molecular formula is C23H22N6O3. The predicted molar refractivity (Wildman–Crippen MR) is 122 cm³/mol. The van der Waals surface area contributed by atoms with Gasteiger partial charge in [0.05, 0.1) is 31.1 Å². The standard InChI is InChI=1S/C23H22N6O3/c1-31-21-12-17(5-6-20(21)32-10-2-9-30)26-22-23-24-7-8-29(23)14-19(27-22)15-3-4-16-13-25-28-18(16)11-15/h3-8,11-14,30H,2,9-10H2,1H3,(H,25,28)(H,26,27). The number of imidazole rings is 1. The van der Waals surface area contributed by atoms with E-state index in [0.717, 1.165) is 27.8 Å². The van der Waals surface area contributed by atoms with Gasteiger partial charge in [-0.25, -0.2) is 9.97 Å². The lowest BCUT2D eigenvalue weighted by Crippen LogP contribution is -2.03. The monoisotopic (exact) mass is 430 g/mol. The Morgan fingerprint density at radius 3 is 2.97 bits per heavy atom. The molecule has 162 valence electrons. The van der Waals surface area contributed by atoms with E-state index in [9.17, 15) is 0 Å². The summed E-state index contributed by atoms with van der Waals surface area (Å²) >= 11 is 0. The summed E-state index contributed by atoms with van der Waals surface area (Å²) in [5.41, 5.74) is 4.20. The smallest absolute Gasteiger partial charge is 0.180 e. The summed E-state index contributed by atoms with van der Waals surface area (Å²) in [6, 6.07) is 11.6. The summed E-state index contributed by atoms with van der Waals surface area (Å²) in [5, 5.41) is 20.4. The lowest BCUT2D eigenvalue weighted by atomic mass is 10.1. The fraction of sp³-hybridized carbons (Fsp3) is 0.174. The quantitative estimate of drug-likeness (QED) is 0.321. The fourth-order valence-electron chi connectivity index (χ4n) is 3.50. The maximum Gasteiger partial charge on any atom is 0.180 e. The van der Waals surface area contributed by atoms with Crippen LogP contribution < -0.4 is 14.8 Å². The van der Waals surface area contributed by atoms with Gasteiger partial charge in [-0.15, -0.1) is 0 Å². The van der Waals surface area contributed by atoms with Gasteiger partial charge in [-0.3, -0.25) is 5.10 Å². The van der Waals surface area contributed by atoms with E-state index in [1.54, 1.807) is 19.5 Å². The molecule has 0 atom stereocenters. The Labute approximate surface area is 183 Å². The molecule has 0 saturated carbocycles. The van der Waals surface area contributed by atoms with Gasteiger partial charge in [-0.05, 0) is 18.2 Å². The highest BCUT2D eigenvalue weighted by atomic mass is 16.5. The number of aliphatic hydroxyl groups excluding tert-OH is 1. The second-order valence-electron chi connectivity index (χ2n) is 7.22. The second-order valence-corrected chi connectivity index (χ2v) is 7.22. The van der Waals surface area contributed by atoms with Crippen molar-refractivity contribution >= 4 is 28.1 Å². The van der Waals surface area contributed by atoms with Crippen LogP contribution in [0.4, 0.5) is 11.5 Å². The number of hydrogen-bond donors (Lipinski definition) is 3. The van der Waals surface area contributed by atoms with Crippen LogP contribution in [-0.4, -0.2) is 50.0 Å². The number of hydrogen-bond acceptors (Lipinski definition) is 7. The van der Waals surface area contributed by atoms with Gasteiger partial charge >= 0.3 is 0 Å². The third-order valence-corrected chi connectivity index (χ3v) is 5.10. The van der Waals surface area contributed by atoms with E-state index < -0.39 is 0 Å². The Hall–Kier alpha value is -4.11. The maximum atomic E-state index is 8.95. The van der Waals surface area contributed by atoms with Gasteiger partial charge in [0, 0.05) is 54.3 Å². The third kappa shape index (κ3) is 3.81. The van der Waals surface area contributed by atoms with Gasteiger partial charge in [0.25, 0.3) is 0 Å². The highest BCUT2D eigenvalue weighted by Gasteiger charge is 2.12. The van der Waals surface area contributed by atoms with E-state index in [1.807, 2.05) is 53.2 Å². The number of rotatable bonds is 8. The van der Waals surface area contributed by atoms with Crippen molar-refractivity contribution in [3.05, 3.63) is 61.2 Å². The van der Waals surface area contributed by atoms with Crippen LogP contribution in [0.5, 0.6) is 11.5 Å². The van der Waals surface area contributed by atoms with Crippen LogP contribution >= 0.6 is 0 Å². The molecule has 3 aromatic heterocycles. The number of nitrogens with one attached hydrogen (secondary N) is 2. The van der Waals surface area contributed by atoms with Gasteiger partial charge in [0.15, 0.2) is 23.0 Å². The first-order chi connectivity index (χ1) is 15.7. The van der Waals surface area contributed by atoms with Gasteiger partial charge in [-0.1, -0.05) is 12.1 Å². The molecule has 0 spiro atoms. The van der Waals surface area contributed by atoms with Crippen molar-refractivity contribution in [3.63, 3.8) is 0 Å². The molecule has 0 bridgehead atoms. The van der Waals surface area contributed by atoms with Crippen molar-refractivity contribution in [2.24, 2.45) is 0 Å². The Kier molecular flexibility index (Phi) is 5.30. The van der Waals surface area contributed by atoms with E-state index in [0.29, 0.717) is 36.0 Å². The number of nitrogens with zero attached hydrogens (tertiary/aromatic N) is 4. The molecule has 9 nitrogen and oxygen atoms in total. The van der Waals surface area contributed by atoms with Gasteiger partial charge in [-0.2, -0.15) is 5.10 Å². The first kappa shape index (κ1) is 19.8. The number of ether oxygens (including phenoxy) is 2. The number of H-pyrrole nitrogens is 1. The topological polar surface area (TPSA) is 110 Å². The number of anilines is 2. The van der Waals surface area contributed by atoms with Crippen molar-refractivity contribution in [2.75, 3.05) is 25.6 Å². The lowest BCUT2D eigenvalue weighted by Gasteiger charge is -2.14. The molecule has 9 heteroatoms. The highest BCUT2D eigenvalue weighted by Crippen LogP contribution is 2.32. The van der Waals surface area contributed by atoms with Gasteiger partial charge in [0.1, 0.15) is 0 Å². The number of fused-ring (bicyclic) bond motifs is 2. The Morgan fingerprint density at radius 2 is 2.09 bits per heavy atom. The average molecular weight is 430 g/mol. The van der Waals surface area contributed by atoms with Crippen LogP contribution in [0.1, 0.15) is 6.42 Å². The van der Waals surface area contributed by atoms with E-state index in [2.05, 4.69) is 20.5 Å². The summed E-state index contributed by atoms with van der Waals surface area (Å²) in [7, 11) is 1.59. The van der Waals surface area contributed by atoms with Crippen LogP contribution in [0.2, 0.25) is 0 Å². The number of benzene rings is 2. The van der Waals surface area contributed by atoms with Crippen LogP contribution in [0, 0.1) is 0 Å². The Balaban J connectivity index is 1.49. The minimum atomic E-state index is 0.0809. The second kappa shape index (κ2) is 8.56. The van der Waals surface area contributed by atoms with Crippen molar-refractivity contribution in [2.45, 2.75) is 6.42 Å². The van der Waals surface area contributed by atoms with Crippen LogP contribution in [0.15, 0.2) is 61.2 Å². The molecule has 3 N–H and O–H groups in total. The van der Waals surface area contributed by atoms with Crippen molar-refractivity contribution in [3.8, 4) is 22.8 Å². The Morgan fingerprint density at radius 1 is 1.16 bits per heavy atom. The minimum Gasteiger partial charge on any atom is -0.493 e. The summed E-state index contributed by atoms with van der Waals surface area (Å²) < 4.78 is 13.1. The maximum absolute atomic E-state index is 8.95. The van der Waals surface area contributed by atoms with Crippen molar-refractivity contribution in [1.29, 1.82) is 0 Å². The SMILES string of the molecule is COc1cc(Nc2nc(-c3ccc4cn[nH]c4c3)cn3ccnc23)ccc1OCCCO. The number of aromatic nitrogens is 5. The van der Waals surface area contributed by atoms with Crippen molar-refractivity contribution < 1.29 is 14.6 Å². The molecule has 0 aliphatic carbocycles. The van der Waals surface area contributed by atoms with Crippen LogP contribution in [0.3, 0.4) is 0 Å². The Bertz CT molecular complexity index is 1380. The molecule has 0 unspecified atom stereocenters. The van der Waals surface area contributed by atoms with E-state index in [4.69, 9.17) is 19.6 Å². The molecule has 0 radical (unpaired) electrons. The molecule has 0 saturated heterocycles. The first-order valence-corrected chi connectivity index (χ1v) is 10.2. The summed E-state index contributed by atoms with van der Waals surface area (Å²) in [6.45, 7) is 0.496. The zero-order valence-corrected chi connectivity index (χ0v) is 17.4. The lowest BCUT2D eigenvalue weighted by molar-refractivity contribution is 0.228. The largest absolute Gasteiger partial charge is 0.493 e. The highest BCUT2D eigenvalue weighted by molar-refractivity contribution is 5.84. The zero-order chi connectivity index (χ0) is 21.9. The van der Waals surface area contributed by atoms with E-state index in [1.165, 1.54) is 0 Å². The number of aliphatic hydroxyl groups is 1. The molecule has 0 aliphatic rings. The molecule has 0 fully saturated rings. The average Bonchev–Trinajstić information content (AvgIpc) is 3.48. The van der Waals surface area contributed by atoms with Crippen molar-refractivity contribution in [1.82, 2.24) is 24.6 Å². The molecule has 0 amide bonds. The summed E-state index contributed by atoms with van der Waals surface area (Å²) in [6.07, 6.45) is 7.93. The molecule has 0 aliphatic heterocycles. The fourth-order valence-corrected chi connectivity index (χ4v) is 3.50. The number of methoxy groups -OCH3 is 1. The third-order valence-electron chi connectivity index (χ3n) is 5.10. The normalized spacial score (nSPS) is 11.2. The van der Waals surface area contributed by atoms with Gasteiger partial charge in [0.2, 0.25) is 0 Å². The van der Waals surface area contributed by atoms with Crippen LogP contribution in [0.25, 0.3) is 27.8 Å². The molecule has 5 rings (SSSR count). The van der Waals surface area contributed by atoms with Crippen LogP contribution in [-0.2, 0) is 0 Å². The van der Waals surface area contributed by atoms with Gasteiger partial charge < -0.3 is 24.3 Å². The molecule has 32 heavy (non-hydrogen) atoms. The first-order valence-electron chi connectivity index (χ1n) is 10.2. The van der Waals surface area contributed by atoms with E-state index >= 15 is 0 Å². The predicted octanol–water partition coefficient (Wildman–Crippen LogP) is 3.79. The molecule has 2 aromatic carbocycles. The number of aromatic amines is 1. The molecule has 5 aromatic rings. The summed E-state index contributed by atoms with van der Waals surface area (Å²) in [5.74, 6) is 1.83. The summed E-state index contributed by atoms with van der Waals surface area (Å²) in [4.78, 5) is 9.28. The zero-order valence-electron chi connectivity index (χ0n) is 17.4. The molecule has 3 heterocycles.